The molecule has 0 aliphatic carbocycles. The van der Waals surface area contributed by atoms with Gasteiger partial charge in [-0.1, -0.05) is 24.3 Å². The van der Waals surface area contributed by atoms with Gasteiger partial charge < -0.3 is 15.7 Å². The van der Waals surface area contributed by atoms with E-state index in [0.29, 0.717) is 13.0 Å². The lowest BCUT2D eigenvalue weighted by atomic mass is 9.93. The molecule has 0 saturated heterocycles. The van der Waals surface area contributed by atoms with E-state index in [1.807, 2.05) is 24.3 Å². The predicted octanol–water partition coefficient (Wildman–Crippen LogP) is 0.373. The van der Waals surface area contributed by atoms with E-state index in [1.54, 1.807) is 0 Å². The smallest absolute Gasteiger partial charge is 0.326 e. The minimum atomic E-state index is -0.963. The highest BCUT2D eigenvalue weighted by molar-refractivity contribution is 5.84. The first-order valence-electron chi connectivity index (χ1n) is 5.92. The van der Waals surface area contributed by atoms with Crippen molar-refractivity contribution in [3.8, 4) is 0 Å². The van der Waals surface area contributed by atoms with Crippen molar-refractivity contribution in [2.24, 2.45) is 5.73 Å². The molecule has 1 aliphatic rings. The number of rotatable bonds is 3. The van der Waals surface area contributed by atoms with Gasteiger partial charge in [-0.15, -0.1) is 0 Å². The molecule has 1 atom stereocenters. The minimum absolute atomic E-state index is 0.186. The summed E-state index contributed by atoms with van der Waals surface area (Å²) in [4.78, 5) is 24.6. The molecule has 1 aromatic rings. The Morgan fingerprint density at radius 2 is 2.00 bits per heavy atom. The zero-order chi connectivity index (χ0) is 13.1. The number of carboxylic acids is 1. The zero-order valence-corrected chi connectivity index (χ0v) is 10.0. The average Bonchev–Trinajstić information content (AvgIpc) is 2.37. The summed E-state index contributed by atoms with van der Waals surface area (Å²) in [7, 11) is 0. The first-order valence-corrected chi connectivity index (χ1v) is 5.92. The van der Waals surface area contributed by atoms with Crippen LogP contribution in [-0.2, 0) is 22.6 Å². The minimum Gasteiger partial charge on any atom is -0.480 e. The van der Waals surface area contributed by atoms with E-state index >= 15 is 0 Å². The van der Waals surface area contributed by atoms with E-state index in [4.69, 9.17) is 5.73 Å². The van der Waals surface area contributed by atoms with E-state index in [1.165, 1.54) is 4.90 Å². The van der Waals surface area contributed by atoms with Gasteiger partial charge >= 0.3 is 5.97 Å². The van der Waals surface area contributed by atoms with Gasteiger partial charge in [0, 0.05) is 25.9 Å². The molecule has 96 valence electrons. The van der Waals surface area contributed by atoms with E-state index in [-0.39, 0.29) is 18.9 Å². The first kappa shape index (κ1) is 12.6. The highest BCUT2D eigenvalue weighted by atomic mass is 16.4. The molecule has 3 N–H and O–H groups in total. The zero-order valence-electron chi connectivity index (χ0n) is 10.0. The second kappa shape index (κ2) is 5.18. The molecule has 1 aromatic carbocycles. The summed E-state index contributed by atoms with van der Waals surface area (Å²) in [6.45, 7) is 0.593. The molecule has 1 heterocycles. The molecule has 0 fully saturated rings. The molecule has 1 aliphatic heterocycles. The van der Waals surface area contributed by atoms with Gasteiger partial charge in [-0.05, 0) is 11.1 Å². The van der Waals surface area contributed by atoms with Crippen LogP contribution in [0.4, 0.5) is 0 Å². The third-order valence-electron chi connectivity index (χ3n) is 3.21. The second-order valence-corrected chi connectivity index (χ2v) is 4.39. The fraction of sp³-hybridized carbons (Fsp3) is 0.385. The maximum Gasteiger partial charge on any atom is 0.326 e. The van der Waals surface area contributed by atoms with Crippen molar-refractivity contribution in [2.45, 2.75) is 25.4 Å². The number of fused-ring (bicyclic) bond motifs is 1. The number of hydrogen-bond donors (Lipinski definition) is 2. The van der Waals surface area contributed by atoms with Gasteiger partial charge in [-0.3, -0.25) is 4.79 Å². The molecule has 0 unspecified atom stereocenters. The molecule has 18 heavy (non-hydrogen) atoms. The van der Waals surface area contributed by atoms with Crippen molar-refractivity contribution < 1.29 is 14.7 Å². The fourth-order valence-corrected chi connectivity index (χ4v) is 2.27. The third-order valence-corrected chi connectivity index (χ3v) is 3.21. The summed E-state index contributed by atoms with van der Waals surface area (Å²) in [6.07, 6.45) is 0.549. The highest BCUT2D eigenvalue weighted by Gasteiger charge is 2.33. The van der Waals surface area contributed by atoms with Crippen LogP contribution in [-0.4, -0.2) is 34.5 Å². The van der Waals surface area contributed by atoms with Crippen molar-refractivity contribution in [3.63, 3.8) is 0 Å². The van der Waals surface area contributed by atoms with Crippen LogP contribution in [0.25, 0.3) is 0 Å². The lowest BCUT2D eigenvalue weighted by Gasteiger charge is -2.34. The summed E-state index contributed by atoms with van der Waals surface area (Å²) < 4.78 is 0. The summed E-state index contributed by atoms with van der Waals surface area (Å²) in [6, 6.07) is 6.84. The number of nitrogens with two attached hydrogens (primary N) is 1. The molecule has 0 bridgehead atoms. The SMILES string of the molecule is NCCC(=O)N1Cc2ccccc2C[C@H]1C(=O)O. The van der Waals surface area contributed by atoms with Gasteiger partial charge in [0.05, 0.1) is 0 Å². The van der Waals surface area contributed by atoms with E-state index < -0.39 is 12.0 Å². The molecule has 5 heteroatoms. The summed E-state index contributed by atoms with van der Waals surface area (Å²) in [5.41, 5.74) is 7.37. The summed E-state index contributed by atoms with van der Waals surface area (Å²) >= 11 is 0. The average molecular weight is 248 g/mol. The van der Waals surface area contributed by atoms with Crippen LogP contribution in [0.3, 0.4) is 0 Å². The van der Waals surface area contributed by atoms with Crippen molar-refractivity contribution in [1.29, 1.82) is 0 Å². The molecule has 0 radical (unpaired) electrons. The van der Waals surface area contributed by atoms with E-state index in [0.717, 1.165) is 11.1 Å². The number of carboxylic acid groups (broad SMARTS) is 1. The largest absolute Gasteiger partial charge is 0.480 e. The van der Waals surface area contributed by atoms with Gasteiger partial charge in [0.25, 0.3) is 0 Å². The number of carbonyl (C=O) groups is 2. The number of amides is 1. The molecule has 5 nitrogen and oxygen atoms in total. The van der Waals surface area contributed by atoms with E-state index in [2.05, 4.69) is 0 Å². The van der Waals surface area contributed by atoms with Gasteiger partial charge in [0.15, 0.2) is 0 Å². The number of aliphatic carboxylic acids is 1. The number of nitrogens with zero attached hydrogens (tertiary/aromatic N) is 1. The van der Waals surface area contributed by atoms with Crippen LogP contribution in [0.5, 0.6) is 0 Å². The molecule has 2 rings (SSSR count). The van der Waals surface area contributed by atoms with Crippen LogP contribution >= 0.6 is 0 Å². The molecule has 0 spiro atoms. The van der Waals surface area contributed by atoms with Crippen LogP contribution in [0, 0.1) is 0 Å². The standard InChI is InChI=1S/C13H16N2O3/c14-6-5-12(16)15-8-10-4-2-1-3-9(10)7-11(15)13(17)18/h1-4,11H,5-8,14H2,(H,17,18)/t11-/m0/s1. The molecule has 1 amide bonds. The predicted molar refractivity (Wildman–Crippen MR) is 65.8 cm³/mol. The normalized spacial score (nSPS) is 18.3. The number of hydrogen-bond acceptors (Lipinski definition) is 3. The van der Waals surface area contributed by atoms with Crippen molar-refractivity contribution in [2.75, 3.05) is 6.54 Å². The van der Waals surface area contributed by atoms with Crippen molar-refractivity contribution in [1.82, 2.24) is 4.90 Å². The van der Waals surface area contributed by atoms with Crippen LogP contribution in [0.1, 0.15) is 17.5 Å². The lowest BCUT2D eigenvalue weighted by Crippen LogP contribution is -2.49. The van der Waals surface area contributed by atoms with Gasteiger partial charge in [-0.25, -0.2) is 4.79 Å². The Labute approximate surface area is 105 Å². The van der Waals surface area contributed by atoms with Crippen molar-refractivity contribution >= 4 is 11.9 Å². The Morgan fingerprint density at radius 3 is 2.61 bits per heavy atom. The second-order valence-electron chi connectivity index (χ2n) is 4.39. The maximum absolute atomic E-state index is 11.9. The topological polar surface area (TPSA) is 83.6 Å². The maximum atomic E-state index is 11.9. The van der Waals surface area contributed by atoms with Gasteiger partial charge in [-0.2, -0.15) is 0 Å². The fourth-order valence-electron chi connectivity index (χ4n) is 2.27. The Balaban J connectivity index is 2.28. The Bertz CT molecular complexity index is 473. The van der Waals surface area contributed by atoms with Crippen LogP contribution in [0.15, 0.2) is 24.3 Å². The van der Waals surface area contributed by atoms with Crippen LogP contribution < -0.4 is 5.73 Å². The number of benzene rings is 1. The molecule has 0 saturated carbocycles. The van der Waals surface area contributed by atoms with Crippen molar-refractivity contribution in [3.05, 3.63) is 35.4 Å². The Hall–Kier alpha value is -1.88. The third kappa shape index (κ3) is 2.36. The van der Waals surface area contributed by atoms with Gasteiger partial charge in [0.2, 0.25) is 5.91 Å². The van der Waals surface area contributed by atoms with Crippen LogP contribution in [0.2, 0.25) is 0 Å². The molecular formula is C13H16N2O3. The summed E-state index contributed by atoms with van der Waals surface area (Å²) in [5.74, 6) is -1.16. The van der Waals surface area contributed by atoms with E-state index in [9.17, 15) is 14.7 Å². The molecular weight excluding hydrogens is 232 g/mol. The summed E-state index contributed by atoms with van der Waals surface area (Å²) in [5, 5.41) is 9.23. The van der Waals surface area contributed by atoms with Gasteiger partial charge in [0.1, 0.15) is 6.04 Å². The highest BCUT2D eigenvalue weighted by Crippen LogP contribution is 2.23. The first-order chi connectivity index (χ1) is 8.63. The molecule has 0 aromatic heterocycles. The Kier molecular flexibility index (Phi) is 3.62. The quantitative estimate of drug-likeness (QED) is 0.809. The Morgan fingerprint density at radius 1 is 1.33 bits per heavy atom. The monoisotopic (exact) mass is 248 g/mol. The lowest BCUT2D eigenvalue weighted by molar-refractivity contribution is -0.151. The number of carbonyl (C=O) groups excluding carboxylic acids is 1.